The minimum atomic E-state index is -4.75. The maximum Gasteiger partial charge on any atom is 0.417 e. The zero-order valence-corrected chi connectivity index (χ0v) is 20.9. The normalized spacial score (nSPS) is 31.5. The second-order valence-corrected chi connectivity index (χ2v) is 17.2. The molecule has 1 unspecified atom stereocenters. The summed E-state index contributed by atoms with van der Waals surface area (Å²) >= 11 is 0. The highest BCUT2D eigenvalue weighted by Crippen LogP contribution is 2.66. The average molecular weight is 503 g/mol. The Morgan fingerprint density at radius 1 is 1.12 bits per heavy atom. The lowest BCUT2D eigenvalue weighted by molar-refractivity contribution is -0.137. The van der Waals surface area contributed by atoms with Crippen molar-refractivity contribution in [2.24, 2.45) is 17.8 Å². The van der Waals surface area contributed by atoms with E-state index < -0.39 is 40.1 Å². The van der Waals surface area contributed by atoms with Crippen LogP contribution in [0, 0.1) is 29.1 Å². The summed E-state index contributed by atoms with van der Waals surface area (Å²) < 4.78 is 68.7. The predicted octanol–water partition coefficient (Wildman–Crippen LogP) is 4.90. The molecule has 1 saturated heterocycles. The number of anilines is 1. The fourth-order valence-corrected chi connectivity index (χ4v) is 13.3. The van der Waals surface area contributed by atoms with Crippen LogP contribution in [0.5, 0.6) is 0 Å². The number of fused-ring (bicyclic) bond motifs is 5. The molecule has 0 radical (unpaired) electrons. The number of nitriles is 1. The van der Waals surface area contributed by atoms with E-state index >= 15 is 0 Å². The van der Waals surface area contributed by atoms with Gasteiger partial charge in [0.1, 0.15) is 0 Å². The van der Waals surface area contributed by atoms with Gasteiger partial charge in [0.05, 0.1) is 35.7 Å². The number of rotatable bonds is 3. The summed E-state index contributed by atoms with van der Waals surface area (Å²) in [5.41, 5.74) is -1.45. The number of hydrogen-bond donors (Lipinski definition) is 0. The molecule has 2 bridgehead atoms. The molecular formula is C25H25F3N2O2SSi. The first-order valence-corrected chi connectivity index (χ1v) is 15.7. The third-order valence-corrected chi connectivity index (χ3v) is 15.3. The van der Waals surface area contributed by atoms with E-state index in [-0.39, 0.29) is 35.5 Å². The number of halogens is 3. The molecule has 3 aliphatic rings. The van der Waals surface area contributed by atoms with Gasteiger partial charge in [-0.1, -0.05) is 60.8 Å². The van der Waals surface area contributed by atoms with Crippen molar-refractivity contribution in [3.8, 4) is 6.07 Å². The third kappa shape index (κ3) is 2.91. The van der Waals surface area contributed by atoms with E-state index in [1.165, 1.54) is 11.3 Å². The number of sulfonamides is 1. The largest absolute Gasteiger partial charge is 0.417 e. The highest BCUT2D eigenvalue weighted by Gasteiger charge is 2.72. The molecule has 4 nitrogen and oxygen atoms in total. The Kier molecular flexibility index (Phi) is 4.92. The monoisotopic (exact) mass is 502 g/mol. The average Bonchev–Trinajstić information content (AvgIpc) is 3.40. The van der Waals surface area contributed by atoms with Crippen LogP contribution in [0.4, 0.5) is 18.9 Å². The van der Waals surface area contributed by atoms with Crippen LogP contribution in [-0.4, -0.2) is 27.8 Å². The molecule has 0 spiro atoms. The molecule has 0 aromatic heterocycles. The summed E-state index contributed by atoms with van der Waals surface area (Å²) in [7, 11) is -6.01. The molecular weight excluding hydrogens is 477 g/mol. The molecule has 9 heteroatoms. The van der Waals surface area contributed by atoms with Gasteiger partial charge in [0.15, 0.2) is 0 Å². The van der Waals surface area contributed by atoms with Gasteiger partial charge in [-0.3, -0.25) is 4.31 Å². The summed E-state index contributed by atoms with van der Waals surface area (Å²) in [6.07, 6.45) is -0.579. The molecule has 0 N–H and O–H groups in total. The van der Waals surface area contributed by atoms with Crippen molar-refractivity contribution in [3.05, 3.63) is 71.8 Å². The van der Waals surface area contributed by atoms with E-state index in [1.54, 1.807) is 13.0 Å². The number of allylic oxidation sites excluding steroid dienone is 2. The summed E-state index contributed by atoms with van der Waals surface area (Å²) in [5.74, 6) is -0.352. The van der Waals surface area contributed by atoms with Crippen LogP contribution in [0.15, 0.2) is 60.7 Å². The molecule has 5 atom stereocenters. The minimum Gasteiger partial charge on any atom is -0.269 e. The van der Waals surface area contributed by atoms with Gasteiger partial charge in [-0.05, 0) is 42.5 Å². The van der Waals surface area contributed by atoms with Crippen molar-refractivity contribution < 1.29 is 21.6 Å². The lowest BCUT2D eigenvalue weighted by atomic mass is 9.83. The summed E-state index contributed by atoms with van der Waals surface area (Å²) in [4.78, 5) is 0. The zero-order valence-electron chi connectivity index (χ0n) is 19.0. The van der Waals surface area contributed by atoms with E-state index in [0.717, 1.165) is 16.4 Å². The first-order valence-electron chi connectivity index (χ1n) is 11.2. The van der Waals surface area contributed by atoms with E-state index in [9.17, 15) is 21.6 Å². The van der Waals surface area contributed by atoms with Crippen LogP contribution < -0.4 is 9.49 Å². The molecule has 1 heterocycles. The molecule has 178 valence electrons. The summed E-state index contributed by atoms with van der Waals surface area (Å²) in [6.45, 7) is 6.48. The van der Waals surface area contributed by atoms with Crippen molar-refractivity contribution in [2.45, 2.75) is 36.5 Å². The van der Waals surface area contributed by atoms with Gasteiger partial charge in [0.25, 0.3) is 0 Å². The zero-order chi connectivity index (χ0) is 24.7. The molecule has 1 aliphatic heterocycles. The van der Waals surface area contributed by atoms with Crippen molar-refractivity contribution in [2.75, 3.05) is 10.8 Å². The Morgan fingerprint density at radius 3 is 2.38 bits per heavy atom. The SMILES string of the molecule is CC12[C@H]3C=C[C@@H]([C@H]3[Si](C)(C)c3ccccc3)[C@@H]1CN(c1ccc(C#N)c(C(F)(F)F)c1)S2(=O)=O. The third-order valence-electron chi connectivity index (χ3n) is 8.48. The van der Waals surface area contributed by atoms with Gasteiger partial charge in [-0.25, -0.2) is 8.42 Å². The van der Waals surface area contributed by atoms with E-state index in [1.807, 2.05) is 24.3 Å². The Balaban J connectivity index is 1.56. The lowest BCUT2D eigenvalue weighted by Crippen LogP contribution is -2.51. The summed E-state index contributed by atoms with van der Waals surface area (Å²) in [6, 6.07) is 15.0. The Hall–Kier alpha value is -2.57. The van der Waals surface area contributed by atoms with E-state index in [4.69, 9.17) is 5.26 Å². The molecule has 2 aliphatic carbocycles. The van der Waals surface area contributed by atoms with Gasteiger partial charge in [0, 0.05) is 12.5 Å². The van der Waals surface area contributed by atoms with Gasteiger partial charge >= 0.3 is 6.18 Å². The molecule has 34 heavy (non-hydrogen) atoms. The van der Waals surface area contributed by atoms with Crippen molar-refractivity contribution in [3.63, 3.8) is 0 Å². The molecule has 2 aromatic rings. The minimum absolute atomic E-state index is 0.0301. The highest BCUT2D eigenvalue weighted by atomic mass is 32.2. The highest BCUT2D eigenvalue weighted by molar-refractivity contribution is 7.94. The first-order chi connectivity index (χ1) is 15.8. The molecule has 2 fully saturated rings. The van der Waals surface area contributed by atoms with Gasteiger partial charge < -0.3 is 0 Å². The number of alkyl halides is 3. The van der Waals surface area contributed by atoms with Crippen LogP contribution in [-0.2, 0) is 16.2 Å². The van der Waals surface area contributed by atoms with Crippen LogP contribution in [0.1, 0.15) is 18.1 Å². The smallest absolute Gasteiger partial charge is 0.269 e. The van der Waals surface area contributed by atoms with Gasteiger partial charge in [-0.15, -0.1) is 0 Å². The first kappa shape index (κ1) is 23.2. The van der Waals surface area contributed by atoms with Crippen LogP contribution in [0.2, 0.25) is 18.6 Å². The Morgan fingerprint density at radius 2 is 1.79 bits per heavy atom. The topological polar surface area (TPSA) is 61.2 Å². The fourth-order valence-electron chi connectivity index (χ4n) is 6.72. The lowest BCUT2D eigenvalue weighted by Gasteiger charge is -2.37. The molecule has 0 amide bonds. The predicted molar refractivity (Wildman–Crippen MR) is 128 cm³/mol. The molecule has 5 rings (SSSR count). The standard InChI is InChI=1S/C25H25F3N2O2SSi/c1-24-20-12-11-19(23(20)34(2,3)18-7-5-4-6-8-18)22(24)15-30(33(24,31)32)17-10-9-16(14-29)21(13-17)25(26,27)28/h4-13,19-20,22-23H,15H2,1-3H3/t19-,20+,22+,23-,24?/m1/s1. The van der Waals surface area contributed by atoms with Gasteiger partial charge in [-0.2, -0.15) is 18.4 Å². The quantitative estimate of drug-likeness (QED) is 0.443. The van der Waals surface area contributed by atoms with Crippen molar-refractivity contribution >= 4 is 29.0 Å². The maximum atomic E-state index is 14.0. The van der Waals surface area contributed by atoms with Crippen molar-refractivity contribution in [1.82, 2.24) is 0 Å². The maximum absolute atomic E-state index is 14.0. The molecule has 2 aromatic carbocycles. The number of hydrogen-bond acceptors (Lipinski definition) is 3. The van der Waals surface area contributed by atoms with E-state index in [2.05, 4.69) is 31.3 Å². The van der Waals surface area contributed by atoms with Crippen LogP contribution in [0.25, 0.3) is 0 Å². The van der Waals surface area contributed by atoms with Crippen LogP contribution >= 0.6 is 0 Å². The van der Waals surface area contributed by atoms with E-state index in [0.29, 0.717) is 0 Å². The Labute approximate surface area is 198 Å². The van der Waals surface area contributed by atoms with Gasteiger partial charge in [0.2, 0.25) is 10.0 Å². The number of nitrogens with zero attached hydrogens (tertiary/aromatic N) is 2. The second kappa shape index (κ2) is 7.22. The van der Waals surface area contributed by atoms with Crippen LogP contribution in [0.3, 0.4) is 0 Å². The fraction of sp³-hybridized carbons (Fsp3) is 0.400. The second-order valence-electron chi connectivity index (χ2n) is 10.3. The Bertz CT molecular complexity index is 1330. The van der Waals surface area contributed by atoms with Crippen molar-refractivity contribution in [1.29, 1.82) is 5.26 Å². The summed E-state index contributed by atoms with van der Waals surface area (Å²) in [5, 5.41) is 10.4. The molecule has 1 saturated carbocycles. The number of benzene rings is 2.